The van der Waals surface area contributed by atoms with Crippen LogP contribution in [0.25, 0.3) is 0 Å². The number of carbonyl (C=O) groups excluding carboxylic acids is 1. The van der Waals surface area contributed by atoms with E-state index in [-0.39, 0.29) is 24.1 Å². The van der Waals surface area contributed by atoms with Gasteiger partial charge in [0.1, 0.15) is 5.82 Å². The standard InChI is InChI=1S/C26H27F7N2O6S/c27-16-6-9-18(10-7-16)42(40,41)35-17(13-22(37)34-19-2-1-3-21(36)23(19)38)8-4-14-12-15(5-11-20(14)35)24(39,25(28,29)30)26(31,32)33/h5-7,9-12,17,19,21,23,36,38-39H,1-4,8,13H2,(H,34,37). The maximum absolute atomic E-state index is 13.7. The van der Waals surface area contributed by atoms with Crippen LogP contribution in [0.4, 0.5) is 36.4 Å². The van der Waals surface area contributed by atoms with E-state index in [0.29, 0.717) is 41.8 Å². The van der Waals surface area contributed by atoms with Crippen molar-refractivity contribution in [1.82, 2.24) is 5.32 Å². The van der Waals surface area contributed by atoms with Crippen molar-refractivity contribution in [2.24, 2.45) is 0 Å². The molecule has 1 aliphatic carbocycles. The number of aryl methyl sites for hydroxylation is 1. The van der Waals surface area contributed by atoms with E-state index in [4.69, 9.17) is 0 Å². The van der Waals surface area contributed by atoms with Crippen LogP contribution in [0.1, 0.15) is 43.2 Å². The van der Waals surface area contributed by atoms with Gasteiger partial charge in [-0.25, -0.2) is 12.8 Å². The number of halogens is 7. The van der Waals surface area contributed by atoms with Crippen molar-refractivity contribution in [3.05, 3.63) is 59.4 Å². The molecule has 2 aromatic carbocycles. The molecule has 4 atom stereocenters. The maximum Gasteiger partial charge on any atom is 0.430 e. The molecule has 1 aliphatic heterocycles. The number of nitrogens with zero attached hydrogens (tertiary/aromatic N) is 1. The van der Waals surface area contributed by atoms with Gasteiger partial charge in [0.05, 0.1) is 34.9 Å². The molecular weight excluding hydrogens is 601 g/mol. The number of benzene rings is 2. The summed E-state index contributed by atoms with van der Waals surface area (Å²) in [5.74, 6) is -1.50. The molecule has 1 saturated carbocycles. The Labute approximate surface area is 235 Å². The third-order valence-corrected chi connectivity index (χ3v) is 9.47. The number of rotatable bonds is 6. The Hall–Kier alpha value is -2.95. The summed E-state index contributed by atoms with van der Waals surface area (Å²) in [6.07, 6.45) is -14.5. The van der Waals surface area contributed by atoms with Crippen molar-refractivity contribution < 1.29 is 59.3 Å². The first-order valence-corrected chi connectivity index (χ1v) is 14.3. The van der Waals surface area contributed by atoms with Crippen molar-refractivity contribution in [2.75, 3.05) is 4.31 Å². The van der Waals surface area contributed by atoms with Gasteiger partial charge >= 0.3 is 12.4 Å². The second kappa shape index (κ2) is 11.3. The average Bonchev–Trinajstić information content (AvgIpc) is 2.89. The molecule has 1 amide bonds. The number of fused-ring (bicyclic) bond motifs is 1. The van der Waals surface area contributed by atoms with Crippen molar-refractivity contribution in [3.8, 4) is 0 Å². The molecule has 0 saturated heterocycles. The first kappa shape index (κ1) is 32.0. The maximum atomic E-state index is 13.7. The Bertz CT molecular complexity index is 1400. The molecule has 4 N–H and O–H groups in total. The minimum atomic E-state index is -6.16. The molecule has 16 heteroatoms. The van der Waals surface area contributed by atoms with Crippen LogP contribution in [-0.4, -0.2) is 66.3 Å². The van der Waals surface area contributed by atoms with Gasteiger partial charge in [-0.3, -0.25) is 9.10 Å². The predicted molar refractivity (Wildman–Crippen MR) is 133 cm³/mol. The molecule has 1 heterocycles. The molecule has 0 radical (unpaired) electrons. The van der Waals surface area contributed by atoms with Crippen LogP contribution in [0.5, 0.6) is 0 Å². The van der Waals surface area contributed by atoms with Gasteiger partial charge in [0.15, 0.2) is 0 Å². The van der Waals surface area contributed by atoms with Gasteiger partial charge in [-0.05, 0) is 68.0 Å². The largest absolute Gasteiger partial charge is 0.430 e. The van der Waals surface area contributed by atoms with E-state index in [1.807, 2.05) is 0 Å². The molecule has 2 aliphatic rings. The number of hydrogen-bond donors (Lipinski definition) is 4. The van der Waals surface area contributed by atoms with E-state index in [9.17, 15) is 59.3 Å². The fraction of sp³-hybridized carbons (Fsp3) is 0.500. The number of anilines is 1. The summed E-state index contributed by atoms with van der Waals surface area (Å²) < 4.78 is 123. The van der Waals surface area contributed by atoms with Gasteiger partial charge in [-0.1, -0.05) is 12.1 Å². The van der Waals surface area contributed by atoms with Gasteiger partial charge in [-0.15, -0.1) is 0 Å². The number of aliphatic hydroxyl groups is 3. The molecule has 4 rings (SSSR count). The fourth-order valence-corrected chi connectivity index (χ4v) is 7.09. The zero-order valence-electron chi connectivity index (χ0n) is 21.7. The Kier molecular flexibility index (Phi) is 8.59. The van der Waals surface area contributed by atoms with Gasteiger partial charge < -0.3 is 20.6 Å². The molecule has 4 unspecified atom stereocenters. The minimum Gasteiger partial charge on any atom is -0.390 e. The summed E-state index contributed by atoms with van der Waals surface area (Å²) in [5, 5.41) is 32.5. The zero-order valence-corrected chi connectivity index (χ0v) is 22.5. The third-order valence-electron chi connectivity index (χ3n) is 7.59. The van der Waals surface area contributed by atoms with Crippen LogP contribution < -0.4 is 9.62 Å². The second-order valence-corrected chi connectivity index (χ2v) is 12.2. The Morgan fingerprint density at radius 3 is 2.17 bits per heavy atom. The quantitative estimate of drug-likeness (QED) is 0.364. The van der Waals surface area contributed by atoms with E-state index in [0.717, 1.165) is 24.3 Å². The van der Waals surface area contributed by atoms with Crippen molar-refractivity contribution in [1.29, 1.82) is 0 Å². The van der Waals surface area contributed by atoms with Crippen LogP contribution in [0.2, 0.25) is 0 Å². The van der Waals surface area contributed by atoms with Crippen LogP contribution >= 0.6 is 0 Å². The fourth-order valence-electron chi connectivity index (χ4n) is 5.37. The molecule has 8 nitrogen and oxygen atoms in total. The summed E-state index contributed by atoms with van der Waals surface area (Å²) in [7, 11) is -4.65. The Morgan fingerprint density at radius 1 is 0.952 bits per heavy atom. The van der Waals surface area contributed by atoms with Crippen LogP contribution in [-0.2, 0) is 26.8 Å². The molecule has 2 aromatic rings. The van der Waals surface area contributed by atoms with E-state index < -0.39 is 80.9 Å². The molecule has 0 bridgehead atoms. The van der Waals surface area contributed by atoms with Gasteiger partial charge in [0.25, 0.3) is 15.6 Å². The summed E-state index contributed by atoms with van der Waals surface area (Å²) >= 11 is 0. The second-order valence-electron chi connectivity index (χ2n) is 10.4. The van der Waals surface area contributed by atoms with Gasteiger partial charge in [0, 0.05) is 12.0 Å². The lowest BCUT2D eigenvalue weighted by atomic mass is 9.87. The molecule has 0 aromatic heterocycles. The van der Waals surface area contributed by atoms with Crippen molar-refractivity contribution in [3.63, 3.8) is 0 Å². The Morgan fingerprint density at radius 2 is 1.57 bits per heavy atom. The molecule has 0 spiro atoms. The van der Waals surface area contributed by atoms with E-state index in [1.54, 1.807) is 0 Å². The summed E-state index contributed by atoms with van der Waals surface area (Å²) in [5.41, 5.74) is -7.40. The lowest BCUT2D eigenvalue weighted by Gasteiger charge is -2.39. The predicted octanol–water partition coefficient (Wildman–Crippen LogP) is 3.43. The highest BCUT2D eigenvalue weighted by atomic mass is 32.2. The van der Waals surface area contributed by atoms with Gasteiger partial charge in [-0.2, -0.15) is 26.3 Å². The van der Waals surface area contributed by atoms with Crippen molar-refractivity contribution >= 4 is 21.6 Å². The average molecular weight is 629 g/mol. The summed E-state index contributed by atoms with van der Waals surface area (Å²) in [6.45, 7) is 0. The molecule has 232 valence electrons. The SMILES string of the molecule is O=C(CC1CCc2cc(C(O)(C(F)(F)F)C(F)(F)F)ccc2N1S(=O)(=O)c1ccc(F)cc1)NC1CCCC(O)C1O. The lowest BCUT2D eigenvalue weighted by molar-refractivity contribution is -0.376. The first-order valence-electron chi connectivity index (χ1n) is 12.8. The third kappa shape index (κ3) is 5.81. The minimum absolute atomic E-state index is 0.226. The van der Waals surface area contributed by atoms with Crippen LogP contribution in [0, 0.1) is 5.82 Å². The van der Waals surface area contributed by atoms with Crippen LogP contribution in [0.3, 0.4) is 0 Å². The van der Waals surface area contributed by atoms with E-state index >= 15 is 0 Å². The van der Waals surface area contributed by atoms with Crippen LogP contribution in [0.15, 0.2) is 47.4 Å². The number of sulfonamides is 1. The monoisotopic (exact) mass is 628 g/mol. The molecule has 1 fully saturated rings. The zero-order chi connectivity index (χ0) is 31.3. The summed E-state index contributed by atoms with van der Waals surface area (Å²) in [4.78, 5) is 12.5. The van der Waals surface area contributed by atoms with Crippen molar-refractivity contribution in [2.45, 2.75) is 85.7 Å². The highest BCUT2D eigenvalue weighted by molar-refractivity contribution is 7.92. The number of carbonyl (C=O) groups is 1. The Balaban J connectivity index is 1.75. The molecule has 42 heavy (non-hydrogen) atoms. The van der Waals surface area contributed by atoms with E-state index in [1.165, 1.54) is 0 Å². The highest BCUT2D eigenvalue weighted by Gasteiger charge is 2.71. The van der Waals surface area contributed by atoms with Gasteiger partial charge in [0.2, 0.25) is 5.91 Å². The van der Waals surface area contributed by atoms with E-state index in [2.05, 4.69) is 5.32 Å². The first-order chi connectivity index (χ1) is 19.4. The molecular formula is C26H27F7N2O6S. The highest BCUT2D eigenvalue weighted by Crippen LogP contribution is 2.51. The number of amides is 1. The number of hydrogen-bond acceptors (Lipinski definition) is 6. The number of aliphatic hydroxyl groups excluding tert-OH is 2. The number of nitrogens with one attached hydrogen (secondary N) is 1. The normalized spacial score (nSPS) is 23.8. The smallest absolute Gasteiger partial charge is 0.390 e. The lowest BCUT2D eigenvalue weighted by Crippen LogP contribution is -2.54. The number of alkyl halides is 6. The summed E-state index contributed by atoms with van der Waals surface area (Å²) in [6, 6.07) is 2.93. The topological polar surface area (TPSA) is 127 Å².